The van der Waals surface area contributed by atoms with Gasteiger partial charge in [-0.25, -0.2) is 0 Å². The topological polar surface area (TPSA) is 121 Å². The normalized spacial score (nSPS) is 5.00. The molecule has 0 aliphatic rings. The second kappa shape index (κ2) is 15.8. The van der Waals surface area contributed by atoms with Crippen molar-refractivity contribution in [1.29, 1.82) is 0 Å². The van der Waals surface area contributed by atoms with E-state index in [0.29, 0.717) is 0 Å². The predicted molar refractivity (Wildman–Crippen MR) is 18.1 cm³/mol. The second-order valence-corrected chi connectivity index (χ2v) is 1.20. The van der Waals surface area contributed by atoms with Crippen molar-refractivity contribution in [2.24, 2.45) is 0 Å². The number of hydrogen-bond acceptors (Lipinski definition) is 1. The van der Waals surface area contributed by atoms with Crippen molar-refractivity contribution < 1.29 is 44.2 Å². The summed E-state index contributed by atoms with van der Waals surface area (Å²) in [5.74, 6) is 0. The molecular weight excluding hydrogens is 354 g/mol. The predicted octanol–water partition coefficient (Wildman–Crippen LogP) is -3.27. The maximum Gasteiger partial charge on any atom is 0 e. The molecule has 7 heteroatoms. The third kappa shape index (κ3) is 224. The molecule has 0 aliphatic carbocycles. The molecule has 0 atom stereocenters. The Morgan fingerprint density at radius 1 is 1.14 bits per heavy atom. The van der Waals surface area contributed by atoms with Gasteiger partial charge in [0.15, 0.2) is 0 Å². The first-order chi connectivity index (χ1) is 1.73. The van der Waals surface area contributed by atoms with Gasteiger partial charge in [-0.05, 0) is 0 Å². The van der Waals surface area contributed by atoms with Crippen LogP contribution in [0.3, 0.4) is 0 Å². The Hall–Kier alpha value is 0.848. The van der Waals surface area contributed by atoms with E-state index in [0.717, 1.165) is 0 Å². The molecule has 0 radical (unpaired) electrons. The standard InChI is InChI=1S/H2O3Se.2H2O.Pt/c1-4(2)3;;;/h(H2,1,2,3);2*1H2;. The van der Waals surface area contributed by atoms with Gasteiger partial charge in [0.25, 0.3) is 0 Å². The van der Waals surface area contributed by atoms with Crippen LogP contribution in [0.4, 0.5) is 0 Å². The van der Waals surface area contributed by atoms with E-state index in [9.17, 15) is 0 Å². The maximum atomic E-state index is 8.76. The van der Waals surface area contributed by atoms with Crippen molar-refractivity contribution in [3.05, 3.63) is 0 Å². The minimum atomic E-state index is -3.29. The molecule has 52 valence electrons. The van der Waals surface area contributed by atoms with Gasteiger partial charge in [-0.1, -0.05) is 0 Å². The molecule has 0 fully saturated rings. The molecule has 7 heavy (non-hydrogen) atoms. The molecule has 0 rings (SSSR count). The molecule has 6 N–H and O–H groups in total. The van der Waals surface area contributed by atoms with Gasteiger partial charge in [0.1, 0.15) is 0 Å². The van der Waals surface area contributed by atoms with Crippen LogP contribution in [0.5, 0.6) is 0 Å². The summed E-state index contributed by atoms with van der Waals surface area (Å²) in [7, 11) is 0. The Labute approximate surface area is 59.0 Å². The number of hydrogen-bond donors (Lipinski definition) is 2. The van der Waals surface area contributed by atoms with Gasteiger partial charge >= 0.3 is 26.7 Å². The fraction of sp³-hybridized carbons (Fsp3) is 0. The first kappa shape index (κ1) is 24.9. The van der Waals surface area contributed by atoms with Gasteiger partial charge in [-0.3, -0.25) is 0 Å². The summed E-state index contributed by atoms with van der Waals surface area (Å²) in [5.41, 5.74) is 0. The van der Waals surface area contributed by atoms with Crippen molar-refractivity contribution in [1.82, 2.24) is 0 Å². The zero-order chi connectivity index (χ0) is 3.58. The summed E-state index contributed by atoms with van der Waals surface area (Å²) in [5, 5.41) is 0. The summed E-state index contributed by atoms with van der Waals surface area (Å²) >= 11 is -3.29. The van der Waals surface area contributed by atoms with Crippen molar-refractivity contribution in [3.63, 3.8) is 0 Å². The summed E-state index contributed by atoms with van der Waals surface area (Å²) < 4.78 is 23.1. The van der Waals surface area contributed by atoms with E-state index < -0.39 is 14.5 Å². The Kier molecular flexibility index (Phi) is 56.2. The van der Waals surface area contributed by atoms with Crippen LogP contribution in [-0.4, -0.2) is 33.8 Å². The maximum absolute atomic E-state index is 8.76. The minimum Gasteiger partial charge on any atom is 0 e. The van der Waals surface area contributed by atoms with E-state index >= 15 is 0 Å². The first-order valence-electron chi connectivity index (χ1n) is 0.532. The van der Waals surface area contributed by atoms with Crippen LogP contribution in [0.15, 0.2) is 0 Å². The Morgan fingerprint density at radius 3 is 1.14 bits per heavy atom. The Balaban J connectivity index is -0.0000000150. The average molecular weight is 360 g/mol. The van der Waals surface area contributed by atoms with Crippen molar-refractivity contribution in [3.8, 4) is 0 Å². The Morgan fingerprint density at radius 2 is 1.14 bits per heavy atom. The molecule has 0 aliphatic heterocycles. The second-order valence-electron chi connectivity index (χ2n) is 0.231. The summed E-state index contributed by atoms with van der Waals surface area (Å²) in [6, 6.07) is 0. The molecule has 0 aromatic rings. The van der Waals surface area contributed by atoms with E-state index in [1.807, 2.05) is 0 Å². The zero-order valence-electron chi connectivity index (χ0n) is 3.03. The van der Waals surface area contributed by atoms with Crippen LogP contribution >= 0.6 is 0 Å². The van der Waals surface area contributed by atoms with E-state index in [1.54, 1.807) is 0 Å². The average Bonchev–Trinajstić information content (AvgIpc) is 0.811. The van der Waals surface area contributed by atoms with E-state index in [1.165, 1.54) is 0 Å². The molecule has 0 amide bonds. The quantitative estimate of drug-likeness (QED) is 0.441. The molecule has 0 aromatic heterocycles. The molecule has 0 saturated carbocycles. The van der Waals surface area contributed by atoms with Gasteiger partial charge in [0.05, 0.1) is 0 Å². The van der Waals surface area contributed by atoms with Gasteiger partial charge in [0, 0.05) is 21.1 Å². The molecule has 0 heterocycles. The molecule has 5 nitrogen and oxygen atoms in total. The smallest absolute Gasteiger partial charge is 0 e. The number of rotatable bonds is 0. The summed E-state index contributed by atoms with van der Waals surface area (Å²) in [4.78, 5) is 0. The summed E-state index contributed by atoms with van der Waals surface area (Å²) in [6.45, 7) is 0. The fourth-order valence-corrected chi connectivity index (χ4v) is 0. The van der Waals surface area contributed by atoms with Crippen LogP contribution in [0.2, 0.25) is 0 Å². The summed E-state index contributed by atoms with van der Waals surface area (Å²) in [6.07, 6.45) is 0. The van der Waals surface area contributed by atoms with Crippen LogP contribution in [0.1, 0.15) is 0 Å². The van der Waals surface area contributed by atoms with E-state index in [4.69, 9.17) is 12.2 Å². The SMILES string of the molecule is O.O.O=[Se](O)O.[Pt]. The van der Waals surface area contributed by atoms with Crippen LogP contribution in [0.25, 0.3) is 0 Å². The molecule has 0 spiro atoms. The van der Waals surface area contributed by atoms with Gasteiger partial charge < -0.3 is 11.0 Å². The van der Waals surface area contributed by atoms with Crippen molar-refractivity contribution in [2.75, 3.05) is 0 Å². The van der Waals surface area contributed by atoms with Crippen LogP contribution < -0.4 is 0 Å². The molecule has 0 unspecified atom stereocenters. The van der Waals surface area contributed by atoms with Gasteiger partial charge in [-0.2, -0.15) is 0 Å². The monoisotopic (exact) mass is 361 g/mol. The molecule has 0 saturated heterocycles. The van der Waals surface area contributed by atoms with Gasteiger partial charge in [-0.15, -0.1) is 0 Å². The van der Waals surface area contributed by atoms with E-state index in [-0.39, 0.29) is 32.0 Å². The fourth-order valence-electron chi connectivity index (χ4n) is 0. The van der Waals surface area contributed by atoms with Gasteiger partial charge in [0.2, 0.25) is 0 Å². The third-order valence-electron chi connectivity index (χ3n) is 0. The molecular formula is H6O5PtSe. The minimum absolute atomic E-state index is 0. The van der Waals surface area contributed by atoms with Crippen LogP contribution in [0, 0.1) is 0 Å². The van der Waals surface area contributed by atoms with Crippen molar-refractivity contribution >= 4 is 14.5 Å². The molecule has 0 aromatic carbocycles. The largest absolute Gasteiger partial charge is 0 e. The van der Waals surface area contributed by atoms with E-state index in [2.05, 4.69) is 0 Å². The first-order valence-corrected chi connectivity index (χ1v) is 2.76. The van der Waals surface area contributed by atoms with Crippen molar-refractivity contribution in [2.45, 2.75) is 0 Å². The Bertz CT molecular complexity index is 31.1. The molecule has 0 bridgehead atoms. The zero-order valence-corrected chi connectivity index (χ0v) is 7.01. The third-order valence-corrected chi connectivity index (χ3v) is 0. The van der Waals surface area contributed by atoms with Crippen LogP contribution in [-0.2, 0) is 24.9 Å².